The van der Waals surface area contributed by atoms with Crippen LogP contribution in [0.1, 0.15) is 40.0 Å². The maximum atomic E-state index is 12.8. The van der Waals surface area contributed by atoms with Gasteiger partial charge < -0.3 is 14.9 Å². The fourth-order valence-electron chi connectivity index (χ4n) is 6.53. The molecular weight excluding hydrogens is 372 g/mol. The fraction of sp³-hybridized carbons (Fsp3) is 0.609. The largest absolute Gasteiger partial charge is 0.458 e. The van der Waals surface area contributed by atoms with E-state index in [0.717, 1.165) is 5.57 Å². The van der Waals surface area contributed by atoms with Crippen molar-refractivity contribution in [3.05, 3.63) is 36.0 Å². The molecule has 4 aliphatic carbocycles. The summed E-state index contributed by atoms with van der Waals surface area (Å²) in [6.07, 6.45) is 9.54. The number of hydrogen-bond acceptors (Lipinski definition) is 6. The molecule has 4 aliphatic rings. The minimum absolute atomic E-state index is 0.00262. The zero-order chi connectivity index (χ0) is 21.2. The Bertz CT molecular complexity index is 869. The van der Waals surface area contributed by atoms with Crippen molar-refractivity contribution in [2.75, 3.05) is 6.61 Å². The highest BCUT2D eigenvalue weighted by Gasteiger charge is 2.67. The van der Waals surface area contributed by atoms with Gasteiger partial charge in [0.25, 0.3) is 0 Å². The summed E-state index contributed by atoms with van der Waals surface area (Å²) in [6.45, 7) is 4.69. The van der Waals surface area contributed by atoms with Gasteiger partial charge >= 0.3 is 5.97 Å². The van der Waals surface area contributed by atoms with Crippen molar-refractivity contribution in [3.8, 4) is 0 Å². The van der Waals surface area contributed by atoms with Gasteiger partial charge in [-0.1, -0.05) is 32.1 Å². The van der Waals surface area contributed by atoms with Gasteiger partial charge in [0.15, 0.2) is 12.4 Å². The minimum atomic E-state index is -1.64. The second-order valence-electron chi connectivity index (χ2n) is 9.48. The summed E-state index contributed by atoms with van der Waals surface area (Å²) in [4.78, 5) is 35.8. The highest BCUT2D eigenvalue weighted by atomic mass is 16.5. The molecule has 0 radical (unpaired) electrons. The first kappa shape index (κ1) is 20.2. The van der Waals surface area contributed by atoms with Crippen molar-refractivity contribution in [2.45, 2.75) is 51.7 Å². The van der Waals surface area contributed by atoms with Crippen molar-refractivity contribution >= 4 is 17.5 Å². The lowest BCUT2D eigenvalue weighted by Gasteiger charge is -2.57. The van der Waals surface area contributed by atoms with Gasteiger partial charge in [0.1, 0.15) is 5.60 Å². The maximum absolute atomic E-state index is 12.8. The van der Waals surface area contributed by atoms with Crippen molar-refractivity contribution < 1.29 is 29.3 Å². The van der Waals surface area contributed by atoms with E-state index < -0.39 is 40.9 Å². The number of hydrogen-bond donors (Lipinski definition) is 2. The van der Waals surface area contributed by atoms with E-state index in [-0.39, 0.29) is 36.4 Å². The number of ether oxygens (including phenoxy) is 1. The van der Waals surface area contributed by atoms with Crippen LogP contribution < -0.4 is 0 Å². The third-order valence-corrected chi connectivity index (χ3v) is 8.08. The molecule has 156 valence electrons. The monoisotopic (exact) mass is 400 g/mol. The number of esters is 1. The van der Waals surface area contributed by atoms with Crippen LogP contribution in [0.2, 0.25) is 0 Å². The lowest BCUT2D eigenvalue weighted by Crippen LogP contribution is -2.61. The Hall–Kier alpha value is -2.05. The Kier molecular flexibility index (Phi) is 4.52. The second kappa shape index (κ2) is 6.47. The molecular formula is C23H28O6. The standard InChI is InChI=1S/C23H28O6/c1-13(24)29-12-19(27)23(28)9-7-17-16-5-4-14-10-15(25)6-8-21(14,2)20(16)18(26)11-22(17,23)3/h4-6,8,10,16-18,20,26,28H,7,9,11-12H2,1-3H3/t16-,17-,18?,20+,21-,22-,23-/m0/s1. The Balaban J connectivity index is 1.70. The highest BCUT2D eigenvalue weighted by Crippen LogP contribution is 2.65. The van der Waals surface area contributed by atoms with Crippen LogP contribution in [-0.4, -0.2) is 46.1 Å². The molecule has 2 fully saturated rings. The number of allylic oxidation sites excluding steroid dienone is 6. The molecule has 6 nitrogen and oxygen atoms in total. The maximum Gasteiger partial charge on any atom is 0.303 e. The van der Waals surface area contributed by atoms with E-state index in [1.54, 1.807) is 12.2 Å². The molecule has 0 aliphatic heterocycles. The Morgan fingerprint density at radius 3 is 2.69 bits per heavy atom. The molecule has 6 heteroatoms. The minimum Gasteiger partial charge on any atom is -0.458 e. The first-order valence-corrected chi connectivity index (χ1v) is 10.2. The van der Waals surface area contributed by atoms with Crippen molar-refractivity contribution in [3.63, 3.8) is 0 Å². The molecule has 0 heterocycles. The molecule has 0 aromatic carbocycles. The zero-order valence-electron chi connectivity index (χ0n) is 17.1. The van der Waals surface area contributed by atoms with Gasteiger partial charge in [-0.25, -0.2) is 0 Å². The number of ketones is 2. The normalized spacial score (nSPS) is 45.1. The number of aliphatic hydroxyl groups is 2. The second-order valence-corrected chi connectivity index (χ2v) is 9.48. The van der Waals surface area contributed by atoms with Crippen molar-refractivity contribution in [2.24, 2.45) is 28.6 Å². The molecule has 7 atom stereocenters. The summed E-state index contributed by atoms with van der Waals surface area (Å²) in [7, 11) is 0. The number of aliphatic hydroxyl groups excluding tert-OH is 1. The number of Topliss-reactive ketones (excluding diaryl/α,β-unsaturated/α-hetero) is 1. The quantitative estimate of drug-likeness (QED) is 0.702. The molecule has 2 N–H and O–H groups in total. The van der Waals surface area contributed by atoms with Gasteiger partial charge in [0.2, 0.25) is 5.78 Å². The number of carbonyl (C=O) groups is 3. The number of carbonyl (C=O) groups excluding carboxylic acids is 3. The van der Waals surface area contributed by atoms with E-state index in [9.17, 15) is 24.6 Å². The van der Waals surface area contributed by atoms with Gasteiger partial charge in [0, 0.05) is 23.7 Å². The van der Waals surface area contributed by atoms with Gasteiger partial charge in [-0.3, -0.25) is 14.4 Å². The average molecular weight is 400 g/mol. The first-order valence-electron chi connectivity index (χ1n) is 10.2. The molecule has 0 saturated heterocycles. The lowest BCUT2D eigenvalue weighted by molar-refractivity contribution is -0.175. The van der Waals surface area contributed by atoms with Crippen molar-refractivity contribution in [1.29, 1.82) is 0 Å². The summed E-state index contributed by atoms with van der Waals surface area (Å²) < 4.78 is 4.86. The number of rotatable bonds is 3. The third-order valence-electron chi connectivity index (χ3n) is 8.08. The van der Waals surface area contributed by atoms with Crippen LogP contribution in [0.25, 0.3) is 0 Å². The first-order chi connectivity index (χ1) is 13.5. The Labute approximate surface area is 170 Å². The van der Waals surface area contributed by atoms with Gasteiger partial charge in [0.05, 0.1) is 6.10 Å². The molecule has 0 amide bonds. The zero-order valence-corrected chi connectivity index (χ0v) is 17.1. The SMILES string of the molecule is CC(=O)OCC(=O)[C@@]1(O)CC[C@H]2[C@@H]3C=CC4=CC(=O)C=C[C@]4(C)[C@H]3C(O)C[C@@]21C. The van der Waals surface area contributed by atoms with Gasteiger partial charge in [-0.05, 0) is 48.8 Å². The predicted molar refractivity (Wildman–Crippen MR) is 105 cm³/mol. The molecule has 0 aromatic rings. The molecule has 0 bridgehead atoms. The highest BCUT2D eigenvalue weighted by molar-refractivity contribution is 6.01. The lowest BCUT2D eigenvalue weighted by atomic mass is 9.48. The molecule has 4 rings (SSSR count). The van der Waals surface area contributed by atoms with E-state index in [1.165, 1.54) is 6.92 Å². The summed E-state index contributed by atoms with van der Waals surface area (Å²) in [5.41, 5.74) is -2.02. The van der Waals surface area contributed by atoms with Crippen LogP contribution in [0.4, 0.5) is 0 Å². The molecule has 0 aromatic heterocycles. The van der Waals surface area contributed by atoms with E-state index in [0.29, 0.717) is 6.42 Å². The average Bonchev–Trinajstić information content (AvgIpc) is 2.91. The van der Waals surface area contributed by atoms with E-state index in [2.05, 4.69) is 0 Å². The summed E-state index contributed by atoms with van der Waals surface area (Å²) in [6, 6.07) is 0. The molecule has 2 saturated carbocycles. The van der Waals surface area contributed by atoms with E-state index in [1.807, 2.05) is 32.1 Å². The summed E-state index contributed by atoms with van der Waals surface area (Å²) >= 11 is 0. The van der Waals surface area contributed by atoms with E-state index >= 15 is 0 Å². The van der Waals surface area contributed by atoms with Crippen LogP contribution in [0, 0.1) is 28.6 Å². The van der Waals surface area contributed by atoms with Crippen molar-refractivity contribution in [1.82, 2.24) is 0 Å². The summed E-state index contributed by atoms with van der Waals surface area (Å²) in [5.74, 6) is -1.28. The van der Waals surface area contributed by atoms with E-state index in [4.69, 9.17) is 4.74 Å². The fourth-order valence-corrected chi connectivity index (χ4v) is 6.53. The Morgan fingerprint density at radius 2 is 2.00 bits per heavy atom. The van der Waals surface area contributed by atoms with Gasteiger partial charge in [-0.15, -0.1) is 0 Å². The van der Waals surface area contributed by atoms with Crippen LogP contribution in [-0.2, 0) is 19.1 Å². The van der Waals surface area contributed by atoms with Crippen LogP contribution >= 0.6 is 0 Å². The predicted octanol–water partition coefficient (Wildman–Crippen LogP) is 1.90. The molecule has 29 heavy (non-hydrogen) atoms. The molecule has 1 unspecified atom stereocenters. The third kappa shape index (κ3) is 2.72. The van der Waals surface area contributed by atoms with Crippen LogP contribution in [0.15, 0.2) is 36.0 Å². The van der Waals surface area contributed by atoms with Crippen LogP contribution in [0.3, 0.4) is 0 Å². The summed E-state index contributed by atoms with van der Waals surface area (Å²) in [5, 5.41) is 22.7. The van der Waals surface area contributed by atoms with Gasteiger partial charge in [-0.2, -0.15) is 0 Å². The van der Waals surface area contributed by atoms with Crippen LogP contribution in [0.5, 0.6) is 0 Å². The molecule has 0 spiro atoms. The topological polar surface area (TPSA) is 101 Å². The Morgan fingerprint density at radius 1 is 1.28 bits per heavy atom. The number of fused-ring (bicyclic) bond motifs is 5. The smallest absolute Gasteiger partial charge is 0.303 e.